The Labute approximate surface area is 111 Å². The van der Waals surface area contributed by atoms with Crippen molar-refractivity contribution < 1.29 is 9.90 Å². The molecule has 1 unspecified atom stereocenters. The predicted octanol–water partition coefficient (Wildman–Crippen LogP) is 2.88. The van der Waals surface area contributed by atoms with Gasteiger partial charge in [-0.15, -0.1) is 0 Å². The number of benzene rings is 1. The standard InChI is InChI=1S/C12H15Cl2NO2/c1-2-3-9(16)7-15-12(17)8-4-5-10(13)11(14)6-8/h4-6,9,16H,2-3,7H2,1H3,(H,15,17). The first-order valence-electron chi connectivity index (χ1n) is 5.46. The smallest absolute Gasteiger partial charge is 0.251 e. The summed E-state index contributed by atoms with van der Waals surface area (Å²) in [5.41, 5.74) is 0.433. The van der Waals surface area contributed by atoms with E-state index in [1.54, 1.807) is 12.1 Å². The molecule has 1 aromatic rings. The van der Waals surface area contributed by atoms with Crippen molar-refractivity contribution in [1.29, 1.82) is 0 Å². The van der Waals surface area contributed by atoms with Gasteiger partial charge in [-0.1, -0.05) is 36.5 Å². The van der Waals surface area contributed by atoms with Crippen LogP contribution < -0.4 is 5.32 Å². The van der Waals surface area contributed by atoms with E-state index in [2.05, 4.69) is 5.32 Å². The van der Waals surface area contributed by atoms with Crippen LogP contribution in [0.5, 0.6) is 0 Å². The minimum atomic E-state index is -0.508. The quantitative estimate of drug-likeness (QED) is 0.868. The van der Waals surface area contributed by atoms with Crippen LogP contribution in [0, 0.1) is 0 Å². The maximum absolute atomic E-state index is 11.7. The van der Waals surface area contributed by atoms with Crippen LogP contribution in [0.1, 0.15) is 30.1 Å². The monoisotopic (exact) mass is 275 g/mol. The molecule has 3 nitrogen and oxygen atoms in total. The molecule has 0 aromatic heterocycles. The Bertz CT molecular complexity index is 396. The number of hydrogen-bond donors (Lipinski definition) is 2. The molecule has 1 rings (SSSR count). The topological polar surface area (TPSA) is 49.3 Å². The Morgan fingerprint density at radius 2 is 2.12 bits per heavy atom. The van der Waals surface area contributed by atoms with E-state index >= 15 is 0 Å². The van der Waals surface area contributed by atoms with Crippen molar-refractivity contribution in [2.45, 2.75) is 25.9 Å². The number of halogens is 2. The molecule has 0 aliphatic heterocycles. The fourth-order valence-electron chi connectivity index (χ4n) is 1.39. The van der Waals surface area contributed by atoms with Crippen molar-refractivity contribution in [3.05, 3.63) is 33.8 Å². The highest BCUT2D eigenvalue weighted by Crippen LogP contribution is 2.22. The van der Waals surface area contributed by atoms with Gasteiger partial charge in [0.15, 0.2) is 0 Å². The summed E-state index contributed by atoms with van der Waals surface area (Å²) in [6, 6.07) is 4.67. The van der Waals surface area contributed by atoms with E-state index in [1.165, 1.54) is 6.07 Å². The van der Waals surface area contributed by atoms with Gasteiger partial charge in [-0.3, -0.25) is 4.79 Å². The second kappa shape index (κ2) is 6.84. The molecule has 0 aliphatic rings. The Morgan fingerprint density at radius 1 is 1.41 bits per heavy atom. The van der Waals surface area contributed by atoms with Crippen LogP contribution in [0.15, 0.2) is 18.2 Å². The summed E-state index contributed by atoms with van der Waals surface area (Å²) in [5, 5.41) is 12.9. The van der Waals surface area contributed by atoms with E-state index < -0.39 is 6.10 Å². The van der Waals surface area contributed by atoms with Crippen LogP contribution in [-0.2, 0) is 0 Å². The number of hydrogen-bond acceptors (Lipinski definition) is 2. The summed E-state index contributed by atoms with van der Waals surface area (Å²) in [7, 11) is 0. The average molecular weight is 276 g/mol. The van der Waals surface area contributed by atoms with Crippen molar-refractivity contribution in [1.82, 2.24) is 5.32 Å². The lowest BCUT2D eigenvalue weighted by molar-refractivity contribution is 0.0910. The van der Waals surface area contributed by atoms with Crippen molar-refractivity contribution in [2.75, 3.05) is 6.54 Å². The SMILES string of the molecule is CCCC(O)CNC(=O)c1ccc(Cl)c(Cl)c1. The highest BCUT2D eigenvalue weighted by molar-refractivity contribution is 6.42. The normalized spacial score (nSPS) is 12.2. The van der Waals surface area contributed by atoms with E-state index in [1.807, 2.05) is 6.92 Å². The molecule has 0 heterocycles. The van der Waals surface area contributed by atoms with Crippen LogP contribution in [0.3, 0.4) is 0 Å². The first-order chi connectivity index (χ1) is 8.04. The summed E-state index contributed by atoms with van der Waals surface area (Å²) in [5.74, 6) is -0.265. The van der Waals surface area contributed by atoms with E-state index in [9.17, 15) is 9.90 Å². The number of aliphatic hydroxyl groups is 1. The molecule has 5 heteroatoms. The number of amides is 1. The largest absolute Gasteiger partial charge is 0.391 e. The zero-order valence-electron chi connectivity index (χ0n) is 9.54. The maximum Gasteiger partial charge on any atom is 0.251 e. The lowest BCUT2D eigenvalue weighted by Gasteiger charge is -2.10. The molecule has 0 fully saturated rings. The first kappa shape index (κ1) is 14.3. The summed E-state index contributed by atoms with van der Waals surface area (Å²) < 4.78 is 0. The van der Waals surface area contributed by atoms with Gasteiger partial charge < -0.3 is 10.4 Å². The Hall–Kier alpha value is -0.770. The number of rotatable bonds is 5. The number of carbonyl (C=O) groups is 1. The van der Waals surface area contributed by atoms with Gasteiger partial charge in [-0.25, -0.2) is 0 Å². The fourth-order valence-corrected chi connectivity index (χ4v) is 1.68. The number of nitrogens with one attached hydrogen (secondary N) is 1. The molecule has 1 aromatic carbocycles. The lowest BCUT2D eigenvalue weighted by atomic mass is 10.2. The minimum absolute atomic E-state index is 0.243. The number of carbonyl (C=O) groups excluding carboxylic acids is 1. The zero-order chi connectivity index (χ0) is 12.8. The van der Waals surface area contributed by atoms with E-state index in [4.69, 9.17) is 23.2 Å². The van der Waals surface area contributed by atoms with Crippen molar-refractivity contribution in [3.8, 4) is 0 Å². The Morgan fingerprint density at radius 3 is 2.71 bits per heavy atom. The first-order valence-corrected chi connectivity index (χ1v) is 6.21. The third-order valence-electron chi connectivity index (χ3n) is 2.30. The molecule has 17 heavy (non-hydrogen) atoms. The van der Waals surface area contributed by atoms with E-state index in [0.29, 0.717) is 22.0 Å². The van der Waals surface area contributed by atoms with Crippen LogP contribution in [0.25, 0.3) is 0 Å². The van der Waals surface area contributed by atoms with Gasteiger partial charge in [0, 0.05) is 12.1 Å². The van der Waals surface area contributed by atoms with Crippen molar-refractivity contribution in [2.24, 2.45) is 0 Å². The highest BCUT2D eigenvalue weighted by atomic mass is 35.5. The number of aliphatic hydroxyl groups excluding tert-OH is 1. The maximum atomic E-state index is 11.7. The van der Waals surface area contributed by atoms with Gasteiger partial charge in [-0.05, 0) is 24.6 Å². The summed E-state index contributed by atoms with van der Waals surface area (Å²) in [6.45, 7) is 2.22. The Kier molecular flexibility index (Phi) is 5.75. The molecule has 94 valence electrons. The predicted molar refractivity (Wildman–Crippen MR) is 69.7 cm³/mol. The molecular weight excluding hydrogens is 261 g/mol. The molecule has 0 aliphatic carbocycles. The van der Waals surface area contributed by atoms with Gasteiger partial charge >= 0.3 is 0 Å². The molecule has 0 bridgehead atoms. The van der Waals surface area contributed by atoms with Gasteiger partial charge in [0.1, 0.15) is 0 Å². The summed E-state index contributed by atoms with van der Waals surface area (Å²) in [4.78, 5) is 11.7. The molecule has 0 spiro atoms. The molecule has 2 N–H and O–H groups in total. The summed E-state index contributed by atoms with van der Waals surface area (Å²) in [6.07, 6.45) is 1.04. The second-order valence-electron chi connectivity index (χ2n) is 3.78. The molecule has 1 atom stereocenters. The van der Waals surface area contributed by atoms with E-state index in [-0.39, 0.29) is 12.5 Å². The van der Waals surface area contributed by atoms with Crippen molar-refractivity contribution in [3.63, 3.8) is 0 Å². The van der Waals surface area contributed by atoms with Crippen LogP contribution in [0.4, 0.5) is 0 Å². The molecule has 0 saturated carbocycles. The second-order valence-corrected chi connectivity index (χ2v) is 4.60. The average Bonchev–Trinajstić information content (AvgIpc) is 2.30. The Balaban J connectivity index is 2.55. The lowest BCUT2D eigenvalue weighted by Crippen LogP contribution is -2.31. The minimum Gasteiger partial charge on any atom is -0.391 e. The van der Waals surface area contributed by atoms with Crippen LogP contribution in [0.2, 0.25) is 10.0 Å². The molecule has 1 amide bonds. The highest BCUT2D eigenvalue weighted by Gasteiger charge is 2.09. The van der Waals surface area contributed by atoms with Gasteiger partial charge in [0.05, 0.1) is 16.1 Å². The van der Waals surface area contributed by atoms with Gasteiger partial charge in [-0.2, -0.15) is 0 Å². The molecular formula is C12H15Cl2NO2. The van der Waals surface area contributed by atoms with Crippen LogP contribution in [-0.4, -0.2) is 23.7 Å². The van der Waals surface area contributed by atoms with Crippen molar-refractivity contribution >= 4 is 29.1 Å². The van der Waals surface area contributed by atoms with E-state index in [0.717, 1.165) is 6.42 Å². The zero-order valence-corrected chi connectivity index (χ0v) is 11.1. The third-order valence-corrected chi connectivity index (χ3v) is 3.04. The van der Waals surface area contributed by atoms with Gasteiger partial charge in [0.25, 0.3) is 5.91 Å². The third kappa shape index (κ3) is 4.54. The fraction of sp³-hybridized carbons (Fsp3) is 0.417. The molecule has 0 saturated heterocycles. The van der Waals surface area contributed by atoms with Gasteiger partial charge in [0.2, 0.25) is 0 Å². The molecule has 0 radical (unpaired) electrons. The summed E-state index contributed by atoms with van der Waals surface area (Å²) >= 11 is 11.6. The van der Waals surface area contributed by atoms with Crippen LogP contribution >= 0.6 is 23.2 Å².